The number of allylic oxidation sites excluding steroid dienone is 1. The third-order valence-corrected chi connectivity index (χ3v) is 5.63. The lowest BCUT2D eigenvalue weighted by Gasteiger charge is -2.13. The van der Waals surface area contributed by atoms with Gasteiger partial charge >= 0.3 is 0 Å². The standard InChI is InChI=1S/C26H28N6O/c1-3-5-11-23-22(26(33)28-24(27-23)12-6-4-2)17-18-13-15-19(16-14-18)20-9-7-8-10-21(20)25-29-31-32-30-25/h3,7-10,13-16H,1,4-6,11-12,17H2,2H3,(H,27,28,33)(H,29,30,31,32). The molecule has 0 saturated heterocycles. The van der Waals surface area contributed by atoms with E-state index in [1.165, 1.54) is 0 Å². The molecule has 7 nitrogen and oxygen atoms in total. The van der Waals surface area contributed by atoms with Crippen molar-refractivity contribution in [2.75, 3.05) is 0 Å². The van der Waals surface area contributed by atoms with E-state index in [0.29, 0.717) is 18.1 Å². The fourth-order valence-corrected chi connectivity index (χ4v) is 3.86. The van der Waals surface area contributed by atoms with Gasteiger partial charge in [-0.1, -0.05) is 68.0 Å². The van der Waals surface area contributed by atoms with Gasteiger partial charge in [-0.25, -0.2) is 10.1 Å². The first-order valence-corrected chi connectivity index (χ1v) is 11.3. The van der Waals surface area contributed by atoms with Gasteiger partial charge in [0.2, 0.25) is 5.88 Å². The minimum Gasteiger partial charge on any atom is -0.493 e. The maximum Gasteiger partial charge on any atom is 0.218 e. The van der Waals surface area contributed by atoms with Crippen LogP contribution in [0, 0.1) is 0 Å². The Labute approximate surface area is 193 Å². The van der Waals surface area contributed by atoms with Crippen LogP contribution in [0.15, 0.2) is 61.2 Å². The second-order valence-corrected chi connectivity index (χ2v) is 7.99. The number of rotatable bonds is 10. The van der Waals surface area contributed by atoms with Crippen LogP contribution in [0.3, 0.4) is 0 Å². The van der Waals surface area contributed by atoms with Crippen molar-refractivity contribution >= 4 is 0 Å². The molecule has 0 aliphatic carbocycles. The monoisotopic (exact) mass is 440 g/mol. The van der Waals surface area contributed by atoms with Gasteiger partial charge in [-0.2, -0.15) is 4.98 Å². The van der Waals surface area contributed by atoms with E-state index in [0.717, 1.165) is 65.6 Å². The van der Waals surface area contributed by atoms with Crippen molar-refractivity contribution in [3.05, 3.63) is 83.8 Å². The van der Waals surface area contributed by atoms with Gasteiger partial charge in [0.05, 0.1) is 5.69 Å². The van der Waals surface area contributed by atoms with Gasteiger partial charge in [-0.3, -0.25) is 0 Å². The van der Waals surface area contributed by atoms with Crippen molar-refractivity contribution in [3.63, 3.8) is 0 Å². The molecule has 0 fully saturated rings. The van der Waals surface area contributed by atoms with E-state index in [1.54, 1.807) is 0 Å². The third-order valence-electron chi connectivity index (χ3n) is 5.63. The Morgan fingerprint density at radius 3 is 2.48 bits per heavy atom. The number of aryl methyl sites for hydroxylation is 2. The first-order valence-electron chi connectivity index (χ1n) is 11.3. The van der Waals surface area contributed by atoms with Gasteiger partial charge < -0.3 is 5.11 Å². The van der Waals surface area contributed by atoms with Gasteiger partial charge in [-0.15, -0.1) is 11.7 Å². The number of H-pyrrole nitrogens is 1. The molecule has 168 valence electrons. The Bertz CT molecular complexity index is 1200. The van der Waals surface area contributed by atoms with Crippen LogP contribution in [-0.2, 0) is 19.3 Å². The normalized spacial score (nSPS) is 10.9. The van der Waals surface area contributed by atoms with Crippen molar-refractivity contribution in [1.82, 2.24) is 30.6 Å². The van der Waals surface area contributed by atoms with Crippen LogP contribution >= 0.6 is 0 Å². The Hall–Kier alpha value is -3.87. The number of hydrogen-bond donors (Lipinski definition) is 2. The zero-order chi connectivity index (χ0) is 23.0. The Morgan fingerprint density at radius 1 is 1.00 bits per heavy atom. The molecule has 0 aliphatic heterocycles. The number of aromatic amines is 1. The molecule has 33 heavy (non-hydrogen) atoms. The SMILES string of the molecule is C=CCCc1nc(CCCC)nc(O)c1Cc1ccc(-c2ccccc2-c2nnn[nH]2)cc1. The molecule has 0 aliphatic rings. The molecule has 2 aromatic heterocycles. The number of nitrogens with zero attached hydrogens (tertiary/aromatic N) is 5. The summed E-state index contributed by atoms with van der Waals surface area (Å²) in [5.41, 5.74) is 5.82. The smallest absolute Gasteiger partial charge is 0.218 e. The highest BCUT2D eigenvalue weighted by Crippen LogP contribution is 2.30. The van der Waals surface area contributed by atoms with E-state index in [9.17, 15) is 5.11 Å². The van der Waals surface area contributed by atoms with E-state index in [-0.39, 0.29) is 5.88 Å². The number of nitrogens with one attached hydrogen (secondary N) is 1. The summed E-state index contributed by atoms with van der Waals surface area (Å²) in [5.74, 6) is 1.43. The number of benzene rings is 2. The van der Waals surface area contributed by atoms with Gasteiger partial charge in [0.25, 0.3) is 0 Å². The molecule has 0 spiro atoms. The fourth-order valence-electron chi connectivity index (χ4n) is 3.86. The van der Waals surface area contributed by atoms with Crippen molar-refractivity contribution in [2.24, 2.45) is 0 Å². The van der Waals surface area contributed by atoms with E-state index >= 15 is 0 Å². The highest BCUT2D eigenvalue weighted by Gasteiger charge is 2.15. The first-order chi connectivity index (χ1) is 16.2. The van der Waals surface area contributed by atoms with Crippen LogP contribution in [0.4, 0.5) is 0 Å². The average molecular weight is 441 g/mol. The molecule has 7 heteroatoms. The van der Waals surface area contributed by atoms with E-state index in [1.807, 2.05) is 24.3 Å². The third kappa shape index (κ3) is 5.31. The Kier molecular flexibility index (Phi) is 7.19. The molecule has 0 atom stereocenters. The molecule has 2 N–H and O–H groups in total. The number of unbranched alkanes of at least 4 members (excludes halogenated alkanes) is 1. The summed E-state index contributed by atoms with van der Waals surface area (Å²) in [5, 5.41) is 25.0. The highest BCUT2D eigenvalue weighted by molar-refractivity contribution is 5.80. The molecule has 2 aromatic carbocycles. The van der Waals surface area contributed by atoms with Crippen LogP contribution in [0.1, 0.15) is 48.8 Å². The van der Waals surface area contributed by atoms with Crippen LogP contribution < -0.4 is 0 Å². The summed E-state index contributed by atoms with van der Waals surface area (Å²) in [6.07, 6.45) is 6.85. The van der Waals surface area contributed by atoms with Crippen molar-refractivity contribution in [2.45, 2.75) is 45.4 Å². The minimum absolute atomic E-state index is 0.0856. The molecule has 0 bridgehead atoms. The fraction of sp³-hybridized carbons (Fsp3) is 0.269. The average Bonchev–Trinajstić information content (AvgIpc) is 3.38. The largest absolute Gasteiger partial charge is 0.493 e. The number of tetrazole rings is 1. The lowest BCUT2D eigenvalue weighted by Crippen LogP contribution is -2.06. The number of aromatic hydroxyl groups is 1. The summed E-state index contributed by atoms with van der Waals surface area (Å²) in [4.78, 5) is 9.15. The second-order valence-electron chi connectivity index (χ2n) is 7.99. The molecule has 4 aromatic rings. The number of hydrogen-bond acceptors (Lipinski definition) is 6. The van der Waals surface area contributed by atoms with Crippen LogP contribution in [0.5, 0.6) is 5.88 Å². The highest BCUT2D eigenvalue weighted by atomic mass is 16.3. The van der Waals surface area contributed by atoms with Gasteiger partial charge in [0.15, 0.2) is 5.82 Å². The van der Waals surface area contributed by atoms with Crippen molar-refractivity contribution in [1.29, 1.82) is 0 Å². The molecule has 2 heterocycles. The summed E-state index contributed by atoms with van der Waals surface area (Å²) in [6.45, 7) is 5.96. The van der Waals surface area contributed by atoms with Crippen molar-refractivity contribution < 1.29 is 5.11 Å². The Balaban J connectivity index is 1.60. The Morgan fingerprint density at radius 2 is 1.79 bits per heavy atom. The summed E-state index contributed by atoms with van der Waals surface area (Å²) >= 11 is 0. The zero-order valence-electron chi connectivity index (χ0n) is 18.8. The lowest BCUT2D eigenvalue weighted by atomic mass is 9.96. The minimum atomic E-state index is 0.0856. The predicted octanol–water partition coefficient (Wildman–Crippen LogP) is 5.08. The van der Waals surface area contributed by atoms with Crippen LogP contribution in [0.25, 0.3) is 22.5 Å². The van der Waals surface area contributed by atoms with E-state index in [4.69, 9.17) is 4.98 Å². The van der Waals surface area contributed by atoms with Crippen LogP contribution in [0.2, 0.25) is 0 Å². The number of aromatic nitrogens is 6. The first kappa shape index (κ1) is 22.3. The quantitative estimate of drug-likeness (QED) is 0.334. The van der Waals surface area contributed by atoms with E-state index < -0.39 is 0 Å². The lowest BCUT2D eigenvalue weighted by molar-refractivity contribution is 0.439. The summed E-state index contributed by atoms with van der Waals surface area (Å²) in [6, 6.07) is 16.3. The van der Waals surface area contributed by atoms with Crippen molar-refractivity contribution in [3.8, 4) is 28.4 Å². The molecule has 0 saturated carbocycles. The molecule has 0 unspecified atom stereocenters. The predicted molar refractivity (Wildman–Crippen MR) is 129 cm³/mol. The molecular weight excluding hydrogens is 412 g/mol. The second kappa shape index (κ2) is 10.6. The summed E-state index contributed by atoms with van der Waals surface area (Å²) < 4.78 is 0. The van der Waals surface area contributed by atoms with Crippen LogP contribution in [-0.4, -0.2) is 35.7 Å². The zero-order valence-corrected chi connectivity index (χ0v) is 18.8. The molecule has 0 amide bonds. The van der Waals surface area contributed by atoms with Gasteiger partial charge in [-0.05, 0) is 46.4 Å². The maximum atomic E-state index is 10.7. The summed E-state index contributed by atoms with van der Waals surface area (Å²) in [7, 11) is 0. The van der Waals surface area contributed by atoms with E-state index in [2.05, 4.69) is 69.4 Å². The topological polar surface area (TPSA) is 100 Å². The van der Waals surface area contributed by atoms with Gasteiger partial charge in [0, 0.05) is 24.0 Å². The molecule has 0 radical (unpaired) electrons. The maximum absolute atomic E-state index is 10.7. The molecular formula is C26H28N6O. The van der Waals surface area contributed by atoms with Gasteiger partial charge in [0.1, 0.15) is 5.82 Å². The molecule has 4 rings (SSSR count).